The highest BCUT2D eigenvalue weighted by molar-refractivity contribution is 7.90. The molecule has 0 aliphatic rings. The minimum atomic E-state index is -4.10. The maximum absolute atomic E-state index is 14.3. The molecular formula is C36H37N5O7S2. The van der Waals surface area contributed by atoms with Crippen molar-refractivity contribution in [3.8, 4) is 17.2 Å². The standard InChI is InChI=1S/C36H37N5O7S2/c1-25-10-14-30(15-11-25)49(42,43)40(23-28-22-39(38-37-28)24-33-35(47-4)18-29(46-3)19-36(33)48-5)20-27-21-41(34-9-7-6-8-32(27)34)50(44,45)31-16-12-26(2)13-17-31/h6-19,21-22H,20,23-24H2,1-5H3. The van der Waals surface area contributed by atoms with Gasteiger partial charge in [-0.25, -0.2) is 25.5 Å². The van der Waals surface area contributed by atoms with Gasteiger partial charge in [-0.05, 0) is 49.7 Å². The summed E-state index contributed by atoms with van der Waals surface area (Å²) in [5.74, 6) is 1.62. The largest absolute Gasteiger partial charge is 0.496 e. The van der Waals surface area contributed by atoms with Gasteiger partial charge in [0, 0.05) is 30.3 Å². The molecule has 50 heavy (non-hydrogen) atoms. The number of aryl methyl sites for hydroxylation is 2. The molecule has 2 aromatic heterocycles. The number of rotatable bonds is 13. The van der Waals surface area contributed by atoms with Crippen molar-refractivity contribution in [2.75, 3.05) is 21.3 Å². The second kappa shape index (κ2) is 14.0. The molecule has 0 N–H and O–H groups in total. The first kappa shape index (κ1) is 34.7. The summed E-state index contributed by atoms with van der Waals surface area (Å²) < 4.78 is 76.9. The van der Waals surface area contributed by atoms with Crippen molar-refractivity contribution in [2.45, 2.75) is 43.3 Å². The lowest BCUT2D eigenvalue weighted by atomic mass is 10.1. The van der Waals surface area contributed by atoms with Crippen LogP contribution in [0.25, 0.3) is 10.9 Å². The molecule has 0 atom stereocenters. The normalized spacial score (nSPS) is 12.0. The van der Waals surface area contributed by atoms with Crippen molar-refractivity contribution in [1.29, 1.82) is 0 Å². The second-order valence-corrected chi connectivity index (χ2v) is 15.5. The smallest absolute Gasteiger partial charge is 0.268 e. The summed E-state index contributed by atoms with van der Waals surface area (Å²) in [5, 5.41) is 9.20. The molecule has 260 valence electrons. The van der Waals surface area contributed by atoms with E-state index in [4.69, 9.17) is 14.2 Å². The van der Waals surface area contributed by atoms with Gasteiger partial charge in [0.15, 0.2) is 0 Å². The van der Waals surface area contributed by atoms with Gasteiger partial charge < -0.3 is 14.2 Å². The highest BCUT2D eigenvalue weighted by Crippen LogP contribution is 2.35. The molecule has 6 aromatic rings. The van der Waals surface area contributed by atoms with Gasteiger partial charge in [-0.2, -0.15) is 4.31 Å². The van der Waals surface area contributed by atoms with Gasteiger partial charge in [0.2, 0.25) is 10.0 Å². The summed E-state index contributed by atoms with van der Waals surface area (Å²) in [6, 6.07) is 23.7. The van der Waals surface area contributed by atoms with E-state index in [1.54, 1.807) is 117 Å². The molecule has 0 saturated heterocycles. The maximum Gasteiger partial charge on any atom is 0.268 e. The minimum absolute atomic E-state index is 0.0965. The van der Waals surface area contributed by atoms with Crippen molar-refractivity contribution >= 4 is 30.9 Å². The topological polar surface area (TPSA) is 135 Å². The summed E-state index contributed by atoms with van der Waals surface area (Å²) in [6.07, 6.45) is 3.16. The van der Waals surface area contributed by atoms with E-state index in [1.165, 1.54) is 14.5 Å². The van der Waals surface area contributed by atoms with Crippen LogP contribution < -0.4 is 14.2 Å². The van der Waals surface area contributed by atoms with E-state index in [0.29, 0.717) is 45.0 Å². The predicted octanol–water partition coefficient (Wildman–Crippen LogP) is 5.55. The van der Waals surface area contributed by atoms with E-state index in [0.717, 1.165) is 11.1 Å². The third-order valence-electron chi connectivity index (χ3n) is 8.41. The second-order valence-electron chi connectivity index (χ2n) is 11.8. The molecule has 4 aromatic carbocycles. The molecule has 6 rings (SSSR count). The van der Waals surface area contributed by atoms with Gasteiger partial charge in [-0.1, -0.05) is 58.8 Å². The van der Waals surface area contributed by atoms with E-state index < -0.39 is 20.0 Å². The minimum Gasteiger partial charge on any atom is -0.496 e. The molecule has 0 aliphatic carbocycles. The van der Waals surface area contributed by atoms with Gasteiger partial charge in [0.1, 0.15) is 17.2 Å². The third kappa shape index (κ3) is 6.82. The average molecular weight is 716 g/mol. The molecule has 0 aliphatic heterocycles. The Morgan fingerprint density at radius 2 is 1.32 bits per heavy atom. The average Bonchev–Trinajstić information content (AvgIpc) is 3.72. The van der Waals surface area contributed by atoms with Crippen LogP contribution in [0.15, 0.2) is 107 Å². The Morgan fingerprint density at radius 1 is 0.720 bits per heavy atom. The number of ether oxygens (including phenoxy) is 3. The number of para-hydroxylation sites is 1. The number of aromatic nitrogens is 4. The molecule has 0 radical (unpaired) electrons. The van der Waals surface area contributed by atoms with E-state index >= 15 is 0 Å². The van der Waals surface area contributed by atoms with Gasteiger partial charge in [0.25, 0.3) is 10.0 Å². The summed E-state index contributed by atoms with van der Waals surface area (Å²) in [4.78, 5) is 0.223. The highest BCUT2D eigenvalue weighted by atomic mass is 32.2. The molecule has 0 bridgehead atoms. The summed E-state index contributed by atoms with van der Waals surface area (Å²) >= 11 is 0. The maximum atomic E-state index is 14.3. The van der Waals surface area contributed by atoms with Gasteiger partial charge >= 0.3 is 0 Å². The van der Waals surface area contributed by atoms with Gasteiger partial charge in [0.05, 0.1) is 67.2 Å². The van der Waals surface area contributed by atoms with E-state index in [2.05, 4.69) is 10.3 Å². The Bertz CT molecular complexity index is 2340. The monoisotopic (exact) mass is 715 g/mol. The van der Waals surface area contributed by atoms with Crippen LogP contribution in [0, 0.1) is 13.8 Å². The third-order valence-corrected chi connectivity index (χ3v) is 11.9. The van der Waals surface area contributed by atoms with Crippen LogP contribution in [0.4, 0.5) is 0 Å². The van der Waals surface area contributed by atoms with Crippen molar-refractivity contribution in [1.82, 2.24) is 23.3 Å². The molecule has 0 unspecified atom stereocenters. The van der Waals surface area contributed by atoms with Crippen molar-refractivity contribution in [3.63, 3.8) is 0 Å². The molecule has 0 saturated carbocycles. The Balaban J connectivity index is 1.39. The first-order valence-corrected chi connectivity index (χ1v) is 18.5. The Labute approximate surface area is 291 Å². The molecule has 2 heterocycles. The van der Waals surface area contributed by atoms with Crippen molar-refractivity contribution in [3.05, 3.63) is 125 Å². The number of hydrogen-bond acceptors (Lipinski definition) is 9. The van der Waals surface area contributed by atoms with Crippen LogP contribution in [0.5, 0.6) is 17.2 Å². The van der Waals surface area contributed by atoms with Crippen LogP contribution in [0.3, 0.4) is 0 Å². The van der Waals surface area contributed by atoms with E-state index in [9.17, 15) is 16.8 Å². The first-order chi connectivity index (χ1) is 23.9. The van der Waals surface area contributed by atoms with Crippen molar-refractivity contribution < 1.29 is 31.0 Å². The number of benzene rings is 4. The lowest BCUT2D eigenvalue weighted by Gasteiger charge is -2.21. The summed E-state index contributed by atoms with van der Waals surface area (Å²) in [6.45, 7) is 3.70. The van der Waals surface area contributed by atoms with Crippen LogP contribution in [-0.2, 0) is 39.7 Å². The molecule has 0 amide bonds. The Hall–Kier alpha value is -5.18. The Kier molecular flexibility index (Phi) is 9.69. The SMILES string of the molecule is COc1cc(OC)c(Cn2cc(CN(Cc3cn(S(=O)(=O)c4ccc(C)cc4)c4ccccc34)S(=O)(=O)c3ccc(C)cc3)nn2)c(OC)c1. The Morgan fingerprint density at radius 3 is 1.92 bits per heavy atom. The molecule has 0 fully saturated rings. The van der Waals surface area contributed by atoms with Gasteiger partial charge in [-0.3, -0.25) is 0 Å². The summed E-state index contributed by atoms with van der Waals surface area (Å²) in [5.41, 5.74) is 3.85. The number of methoxy groups -OCH3 is 3. The lowest BCUT2D eigenvalue weighted by molar-refractivity contribution is 0.366. The van der Waals surface area contributed by atoms with Crippen LogP contribution >= 0.6 is 0 Å². The van der Waals surface area contributed by atoms with Crippen LogP contribution in [0.2, 0.25) is 0 Å². The zero-order valence-corrected chi connectivity index (χ0v) is 29.9. The highest BCUT2D eigenvalue weighted by Gasteiger charge is 2.29. The predicted molar refractivity (Wildman–Crippen MR) is 189 cm³/mol. The van der Waals surface area contributed by atoms with Crippen LogP contribution in [0.1, 0.15) is 27.9 Å². The quantitative estimate of drug-likeness (QED) is 0.151. The number of fused-ring (bicyclic) bond motifs is 1. The van der Waals surface area contributed by atoms with Crippen LogP contribution in [-0.4, -0.2) is 61.4 Å². The fourth-order valence-corrected chi connectivity index (χ4v) is 8.49. The van der Waals surface area contributed by atoms with E-state index in [1.807, 2.05) is 13.8 Å². The van der Waals surface area contributed by atoms with Gasteiger partial charge in [-0.15, -0.1) is 5.10 Å². The fourth-order valence-electron chi connectivity index (χ4n) is 5.71. The number of nitrogens with zero attached hydrogens (tertiary/aromatic N) is 5. The zero-order valence-electron chi connectivity index (χ0n) is 28.3. The molecule has 14 heteroatoms. The van der Waals surface area contributed by atoms with Crippen molar-refractivity contribution in [2.24, 2.45) is 0 Å². The first-order valence-electron chi connectivity index (χ1n) is 15.6. The summed E-state index contributed by atoms with van der Waals surface area (Å²) in [7, 11) is -3.46. The fraction of sp³-hybridized carbons (Fsp3) is 0.222. The molecular weight excluding hydrogens is 679 g/mol. The zero-order chi connectivity index (χ0) is 35.6. The number of hydrogen-bond donors (Lipinski definition) is 0. The molecule has 12 nitrogen and oxygen atoms in total. The van der Waals surface area contributed by atoms with E-state index in [-0.39, 0.29) is 29.4 Å². The molecule has 0 spiro atoms. The lowest BCUT2D eigenvalue weighted by Crippen LogP contribution is -2.30. The number of sulfonamides is 1.